The quantitative estimate of drug-likeness (QED) is 0.290. The Kier molecular flexibility index (Phi) is 5.82. The largest absolute Gasteiger partial charge is 0.433 e. The highest BCUT2D eigenvalue weighted by Gasteiger charge is 1.91. The number of carbonyl (C=O) groups excluding carboxylic acids is 1. The van der Waals surface area contributed by atoms with Crippen LogP contribution in [0.5, 0.6) is 0 Å². The molecule has 0 aromatic rings. The topological polar surface area (TPSA) is 53.6 Å². The standard InChI is InChI=1S/C7H13N3O2S/c1-6(11)12-5-4-8-7(13)9-10(2)3/h4-5H,1-3H3,(H2,8,9,13)/b5-4+. The van der Waals surface area contributed by atoms with Crippen LogP contribution in [-0.2, 0) is 9.53 Å². The van der Waals surface area contributed by atoms with E-state index in [-0.39, 0.29) is 5.97 Å². The highest BCUT2D eigenvalue weighted by molar-refractivity contribution is 7.80. The number of hydrogen-bond acceptors (Lipinski definition) is 4. The van der Waals surface area contributed by atoms with Crippen molar-refractivity contribution in [2.75, 3.05) is 14.1 Å². The molecule has 0 aliphatic rings. The summed E-state index contributed by atoms with van der Waals surface area (Å²) in [7, 11) is 3.62. The number of rotatable bonds is 3. The van der Waals surface area contributed by atoms with Crippen molar-refractivity contribution in [3.05, 3.63) is 12.5 Å². The smallest absolute Gasteiger partial charge is 0.307 e. The summed E-state index contributed by atoms with van der Waals surface area (Å²) in [5.74, 6) is -0.371. The molecule has 0 radical (unpaired) electrons. The highest BCUT2D eigenvalue weighted by Crippen LogP contribution is 1.77. The van der Waals surface area contributed by atoms with E-state index in [4.69, 9.17) is 12.2 Å². The first-order chi connectivity index (χ1) is 6.02. The molecule has 0 aliphatic carbocycles. The van der Waals surface area contributed by atoms with Gasteiger partial charge in [0.1, 0.15) is 6.26 Å². The minimum absolute atomic E-state index is 0.371. The predicted octanol–water partition coefficient (Wildman–Crippen LogP) is -0.0386. The Balaban J connectivity index is 3.57. The van der Waals surface area contributed by atoms with Gasteiger partial charge in [0.25, 0.3) is 0 Å². The van der Waals surface area contributed by atoms with E-state index in [1.165, 1.54) is 19.4 Å². The zero-order valence-corrected chi connectivity index (χ0v) is 8.64. The molecule has 6 heteroatoms. The van der Waals surface area contributed by atoms with Crippen LogP contribution in [0.1, 0.15) is 6.92 Å². The van der Waals surface area contributed by atoms with Crippen molar-refractivity contribution >= 4 is 23.3 Å². The van der Waals surface area contributed by atoms with Gasteiger partial charge in [-0.15, -0.1) is 0 Å². The van der Waals surface area contributed by atoms with Crippen molar-refractivity contribution in [2.24, 2.45) is 0 Å². The first-order valence-electron chi connectivity index (χ1n) is 3.59. The van der Waals surface area contributed by atoms with Gasteiger partial charge in [-0.25, -0.2) is 5.01 Å². The fraction of sp³-hybridized carbons (Fsp3) is 0.429. The van der Waals surface area contributed by atoms with Gasteiger partial charge in [0.2, 0.25) is 0 Å². The van der Waals surface area contributed by atoms with Gasteiger partial charge in [-0.2, -0.15) is 0 Å². The summed E-state index contributed by atoms with van der Waals surface area (Å²) in [6.45, 7) is 1.32. The molecule has 0 unspecified atom stereocenters. The van der Waals surface area contributed by atoms with Crippen LogP contribution in [0, 0.1) is 0 Å². The molecule has 0 rings (SSSR count). The Hall–Kier alpha value is -1.14. The Bertz CT molecular complexity index is 216. The molecule has 0 bridgehead atoms. The predicted molar refractivity (Wildman–Crippen MR) is 53.5 cm³/mol. The SMILES string of the molecule is CC(=O)O/C=C/NC(=S)NN(C)C. The van der Waals surface area contributed by atoms with Crippen LogP contribution in [-0.4, -0.2) is 30.2 Å². The van der Waals surface area contributed by atoms with Crippen molar-refractivity contribution in [2.45, 2.75) is 6.92 Å². The van der Waals surface area contributed by atoms with E-state index in [1.54, 1.807) is 5.01 Å². The number of hydrazine groups is 1. The minimum atomic E-state index is -0.371. The van der Waals surface area contributed by atoms with E-state index in [2.05, 4.69) is 15.5 Å². The summed E-state index contributed by atoms with van der Waals surface area (Å²) < 4.78 is 4.51. The van der Waals surface area contributed by atoms with E-state index in [0.717, 1.165) is 0 Å². The lowest BCUT2D eigenvalue weighted by molar-refractivity contribution is -0.135. The molecule has 0 amide bonds. The van der Waals surface area contributed by atoms with Gasteiger partial charge < -0.3 is 10.1 Å². The molecular weight excluding hydrogens is 190 g/mol. The lowest BCUT2D eigenvalue weighted by Gasteiger charge is -2.13. The van der Waals surface area contributed by atoms with E-state index in [9.17, 15) is 4.79 Å². The second kappa shape index (κ2) is 6.38. The zero-order chi connectivity index (χ0) is 10.3. The van der Waals surface area contributed by atoms with Crippen LogP contribution in [0.15, 0.2) is 12.5 Å². The minimum Gasteiger partial charge on any atom is -0.433 e. The monoisotopic (exact) mass is 203 g/mol. The van der Waals surface area contributed by atoms with E-state index in [1.807, 2.05) is 14.1 Å². The molecule has 13 heavy (non-hydrogen) atoms. The number of esters is 1. The first kappa shape index (κ1) is 11.9. The molecular formula is C7H13N3O2S. The molecule has 74 valence electrons. The summed E-state index contributed by atoms with van der Waals surface area (Å²) in [4.78, 5) is 10.3. The fourth-order valence-corrected chi connectivity index (χ4v) is 0.726. The Morgan fingerprint density at radius 3 is 2.62 bits per heavy atom. The number of nitrogens with zero attached hydrogens (tertiary/aromatic N) is 1. The second-order valence-electron chi connectivity index (χ2n) is 2.39. The third-order valence-electron chi connectivity index (χ3n) is 0.842. The third kappa shape index (κ3) is 8.77. The number of hydrogen-bond donors (Lipinski definition) is 2. The average Bonchev–Trinajstić information content (AvgIpc) is 1.96. The summed E-state index contributed by atoms with van der Waals surface area (Å²) in [5, 5.41) is 4.80. The summed E-state index contributed by atoms with van der Waals surface area (Å²) in [5.41, 5.74) is 2.79. The van der Waals surface area contributed by atoms with Gasteiger partial charge in [-0.05, 0) is 12.2 Å². The lowest BCUT2D eigenvalue weighted by Crippen LogP contribution is -2.41. The van der Waals surface area contributed by atoms with E-state index >= 15 is 0 Å². The number of ether oxygens (including phenoxy) is 1. The first-order valence-corrected chi connectivity index (χ1v) is 4.00. The van der Waals surface area contributed by atoms with E-state index in [0.29, 0.717) is 5.11 Å². The zero-order valence-electron chi connectivity index (χ0n) is 7.83. The van der Waals surface area contributed by atoms with Crippen LogP contribution >= 0.6 is 12.2 Å². The molecule has 2 N–H and O–H groups in total. The van der Waals surface area contributed by atoms with Gasteiger partial charge in [-0.3, -0.25) is 10.2 Å². The molecule has 0 heterocycles. The van der Waals surface area contributed by atoms with E-state index < -0.39 is 0 Å². The van der Waals surface area contributed by atoms with Crippen molar-refractivity contribution in [3.63, 3.8) is 0 Å². The maximum atomic E-state index is 10.3. The molecule has 0 spiro atoms. The Morgan fingerprint density at radius 2 is 2.15 bits per heavy atom. The summed E-state index contributed by atoms with van der Waals surface area (Å²) >= 11 is 4.85. The van der Waals surface area contributed by atoms with Crippen LogP contribution in [0.3, 0.4) is 0 Å². The maximum Gasteiger partial charge on any atom is 0.307 e. The molecule has 5 nitrogen and oxygen atoms in total. The molecule has 0 saturated heterocycles. The van der Waals surface area contributed by atoms with Gasteiger partial charge in [-0.1, -0.05) is 0 Å². The molecule has 0 fully saturated rings. The van der Waals surface area contributed by atoms with Crippen LogP contribution in [0.4, 0.5) is 0 Å². The van der Waals surface area contributed by atoms with Gasteiger partial charge in [0.15, 0.2) is 5.11 Å². The number of thiocarbonyl (C=S) groups is 1. The van der Waals surface area contributed by atoms with Crippen molar-refractivity contribution < 1.29 is 9.53 Å². The summed E-state index contributed by atoms with van der Waals surface area (Å²) in [6.07, 6.45) is 2.66. The van der Waals surface area contributed by atoms with Crippen molar-refractivity contribution in [1.29, 1.82) is 0 Å². The Labute approximate surface area is 82.7 Å². The van der Waals surface area contributed by atoms with Crippen LogP contribution in [0.2, 0.25) is 0 Å². The lowest BCUT2D eigenvalue weighted by atomic mass is 10.8. The van der Waals surface area contributed by atoms with Crippen molar-refractivity contribution in [3.8, 4) is 0 Å². The average molecular weight is 203 g/mol. The Morgan fingerprint density at radius 1 is 1.54 bits per heavy atom. The van der Waals surface area contributed by atoms with Crippen molar-refractivity contribution in [1.82, 2.24) is 15.8 Å². The molecule has 0 saturated carbocycles. The van der Waals surface area contributed by atoms with Gasteiger partial charge >= 0.3 is 5.97 Å². The van der Waals surface area contributed by atoms with Crippen LogP contribution < -0.4 is 10.7 Å². The molecule has 0 aromatic heterocycles. The second-order valence-corrected chi connectivity index (χ2v) is 2.80. The molecule has 0 aliphatic heterocycles. The number of nitrogens with one attached hydrogen (secondary N) is 2. The van der Waals surface area contributed by atoms with Crippen LogP contribution in [0.25, 0.3) is 0 Å². The number of carbonyl (C=O) groups is 1. The molecule has 0 aromatic carbocycles. The fourth-order valence-electron chi connectivity index (χ4n) is 0.475. The van der Waals surface area contributed by atoms with Gasteiger partial charge in [0.05, 0.1) is 0 Å². The normalized spacial score (nSPS) is 10.2. The maximum absolute atomic E-state index is 10.3. The molecule has 0 atom stereocenters. The summed E-state index contributed by atoms with van der Waals surface area (Å²) in [6, 6.07) is 0. The highest BCUT2D eigenvalue weighted by atomic mass is 32.1. The van der Waals surface area contributed by atoms with Gasteiger partial charge in [0, 0.05) is 27.2 Å². The third-order valence-corrected chi connectivity index (χ3v) is 1.05.